The highest BCUT2D eigenvalue weighted by Crippen LogP contribution is 2.23. The van der Waals surface area contributed by atoms with Gasteiger partial charge in [0, 0.05) is 19.0 Å². The molecule has 0 fully saturated rings. The first kappa shape index (κ1) is 26.6. The third-order valence-electron chi connectivity index (χ3n) is 6.27. The van der Waals surface area contributed by atoms with Gasteiger partial charge in [-0.1, -0.05) is 88.7 Å². The number of hydrogen-bond acceptors (Lipinski definition) is 2. The van der Waals surface area contributed by atoms with E-state index in [0.29, 0.717) is 25.8 Å². The lowest BCUT2D eigenvalue weighted by Crippen LogP contribution is -2.50. The lowest BCUT2D eigenvalue weighted by molar-refractivity contribution is -0.141. The van der Waals surface area contributed by atoms with Gasteiger partial charge in [-0.15, -0.1) is 0 Å². The van der Waals surface area contributed by atoms with Gasteiger partial charge in [0.15, 0.2) is 0 Å². The minimum Gasteiger partial charge on any atom is -0.352 e. The van der Waals surface area contributed by atoms with Crippen LogP contribution in [0.25, 0.3) is 0 Å². The Balaban J connectivity index is 2.20. The molecule has 0 aromatic heterocycles. The van der Waals surface area contributed by atoms with Gasteiger partial charge in [0.2, 0.25) is 11.8 Å². The predicted molar refractivity (Wildman–Crippen MR) is 137 cm³/mol. The van der Waals surface area contributed by atoms with Crippen molar-refractivity contribution in [3.8, 4) is 0 Å². The first-order valence-electron chi connectivity index (χ1n) is 12.3. The molecular weight excluding hydrogens is 408 g/mol. The summed E-state index contributed by atoms with van der Waals surface area (Å²) in [5.74, 6) is -0.0510. The van der Waals surface area contributed by atoms with Crippen LogP contribution in [0, 0.1) is 6.92 Å². The lowest BCUT2D eigenvalue weighted by atomic mass is 9.86. The molecule has 180 valence electrons. The fraction of sp³-hybridized carbons (Fsp3) is 0.517. The molecule has 1 N–H and O–H groups in total. The quantitative estimate of drug-likeness (QED) is 0.486. The van der Waals surface area contributed by atoms with Crippen LogP contribution in [0.5, 0.6) is 0 Å². The average molecular weight is 451 g/mol. The van der Waals surface area contributed by atoms with E-state index < -0.39 is 6.04 Å². The van der Waals surface area contributed by atoms with E-state index in [-0.39, 0.29) is 23.3 Å². The van der Waals surface area contributed by atoms with Crippen LogP contribution in [-0.4, -0.2) is 28.8 Å². The second-order valence-electron chi connectivity index (χ2n) is 10.2. The van der Waals surface area contributed by atoms with E-state index in [0.717, 1.165) is 23.1 Å². The lowest BCUT2D eigenvalue weighted by Gasteiger charge is -2.31. The minimum atomic E-state index is -0.477. The average Bonchev–Trinajstić information content (AvgIpc) is 2.77. The third-order valence-corrected chi connectivity index (χ3v) is 6.27. The van der Waals surface area contributed by atoms with E-state index in [2.05, 4.69) is 56.4 Å². The van der Waals surface area contributed by atoms with E-state index in [1.807, 2.05) is 45.9 Å². The minimum absolute atomic E-state index is 0.0163. The summed E-state index contributed by atoms with van der Waals surface area (Å²) in [7, 11) is 0. The molecule has 2 aromatic rings. The molecule has 2 atom stereocenters. The molecule has 4 heteroatoms. The van der Waals surface area contributed by atoms with Crippen LogP contribution in [0.15, 0.2) is 48.5 Å². The van der Waals surface area contributed by atoms with Crippen LogP contribution in [0.4, 0.5) is 0 Å². The molecule has 2 rings (SSSR count). The fourth-order valence-corrected chi connectivity index (χ4v) is 3.93. The Kier molecular flexibility index (Phi) is 9.70. The number of nitrogens with zero attached hydrogens (tertiary/aromatic N) is 1. The highest BCUT2D eigenvalue weighted by Gasteiger charge is 2.29. The van der Waals surface area contributed by atoms with Crippen LogP contribution in [-0.2, 0) is 28.0 Å². The monoisotopic (exact) mass is 450 g/mol. The molecule has 0 bridgehead atoms. The Hall–Kier alpha value is -2.62. The van der Waals surface area contributed by atoms with E-state index in [4.69, 9.17) is 0 Å². The molecule has 0 radical (unpaired) electrons. The van der Waals surface area contributed by atoms with E-state index in [9.17, 15) is 9.59 Å². The van der Waals surface area contributed by atoms with Crippen LogP contribution < -0.4 is 5.32 Å². The van der Waals surface area contributed by atoms with Gasteiger partial charge in [0.05, 0.1) is 0 Å². The molecule has 0 saturated heterocycles. The van der Waals surface area contributed by atoms with Gasteiger partial charge < -0.3 is 10.2 Å². The molecule has 4 nitrogen and oxygen atoms in total. The van der Waals surface area contributed by atoms with Crippen molar-refractivity contribution in [1.29, 1.82) is 0 Å². The van der Waals surface area contributed by atoms with Gasteiger partial charge in [-0.2, -0.15) is 0 Å². The Labute approximate surface area is 200 Å². The number of benzene rings is 2. The SMILES string of the molecule is CC[C@H](C)NC(=O)[C@H](CC)N(Cc1cccc(C)c1)C(=O)CCc1ccc(C(C)(C)C)cc1. The van der Waals surface area contributed by atoms with Crippen molar-refractivity contribution >= 4 is 11.8 Å². The van der Waals surface area contributed by atoms with Gasteiger partial charge >= 0.3 is 0 Å². The summed E-state index contributed by atoms with van der Waals surface area (Å²) >= 11 is 0. The number of aryl methyl sites for hydroxylation is 2. The zero-order valence-electron chi connectivity index (χ0n) is 21.6. The number of rotatable bonds is 10. The maximum Gasteiger partial charge on any atom is 0.243 e. The van der Waals surface area contributed by atoms with Gasteiger partial charge in [-0.25, -0.2) is 0 Å². The van der Waals surface area contributed by atoms with Gasteiger partial charge in [-0.05, 0) is 55.2 Å². The van der Waals surface area contributed by atoms with E-state index in [1.54, 1.807) is 4.90 Å². The van der Waals surface area contributed by atoms with Crippen molar-refractivity contribution in [3.63, 3.8) is 0 Å². The summed E-state index contributed by atoms with van der Waals surface area (Å²) in [6.45, 7) is 15.1. The summed E-state index contributed by atoms with van der Waals surface area (Å²) in [5.41, 5.74) is 4.73. The largest absolute Gasteiger partial charge is 0.352 e. The molecular formula is C29H42N2O2. The zero-order valence-corrected chi connectivity index (χ0v) is 21.6. The summed E-state index contributed by atoms with van der Waals surface area (Å²) in [6, 6.07) is 16.3. The van der Waals surface area contributed by atoms with Crippen molar-refractivity contribution in [2.45, 2.75) is 98.2 Å². The molecule has 2 aromatic carbocycles. The molecule has 0 heterocycles. The summed E-state index contributed by atoms with van der Waals surface area (Å²) < 4.78 is 0. The summed E-state index contributed by atoms with van der Waals surface area (Å²) in [4.78, 5) is 28.3. The molecule has 33 heavy (non-hydrogen) atoms. The Bertz CT molecular complexity index is 912. The summed E-state index contributed by atoms with van der Waals surface area (Å²) in [6.07, 6.45) is 2.49. The fourth-order valence-electron chi connectivity index (χ4n) is 3.93. The second-order valence-corrected chi connectivity index (χ2v) is 10.2. The van der Waals surface area contributed by atoms with Crippen LogP contribution in [0.1, 0.15) is 83.1 Å². The number of hydrogen-bond donors (Lipinski definition) is 1. The molecule has 0 aliphatic carbocycles. The Morgan fingerprint density at radius 3 is 2.18 bits per heavy atom. The molecule has 0 saturated carbocycles. The molecule has 0 unspecified atom stereocenters. The molecule has 0 spiro atoms. The first-order chi connectivity index (χ1) is 15.5. The normalized spacial score (nSPS) is 13.3. The van der Waals surface area contributed by atoms with Crippen molar-refractivity contribution in [2.24, 2.45) is 0 Å². The van der Waals surface area contributed by atoms with Crippen molar-refractivity contribution in [3.05, 3.63) is 70.8 Å². The Morgan fingerprint density at radius 1 is 0.970 bits per heavy atom. The second kappa shape index (κ2) is 12.0. The molecule has 0 aliphatic rings. The van der Waals surface area contributed by atoms with Crippen LogP contribution >= 0.6 is 0 Å². The standard InChI is InChI=1S/C29H42N2O2/c1-8-22(4)30-28(33)26(9-2)31(20-24-12-10-11-21(3)19-24)27(32)18-15-23-13-16-25(17-14-23)29(5,6)7/h10-14,16-17,19,22,26H,8-9,15,18,20H2,1-7H3,(H,30,33)/t22-,26-/m0/s1. The Morgan fingerprint density at radius 2 is 1.64 bits per heavy atom. The van der Waals surface area contributed by atoms with E-state index >= 15 is 0 Å². The number of amides is 2. The van der Waals surface area contributed by atoms with Gasteiger partial charge in [0.25, 0.3) is 0 Å². The number of nitrogens with one attached hydrogen (secondary N) is 1. The van der Waals surface area contributed by atoms with E-state index in [1.165, 1.54) is 5.56 Å². The predicted octanol–water partition coefficient (Wildman–Crippen LogP) is 5.95. The number of carbonyl (C=O) groups excluding carboxylic acids is 2. The highest BCUT2D eigenvalue weighted by molar-refractivity contribution is 5.87. The van der Waals surface area contributed by atoms with Gasteiger partial charge in [0.1, 0.15) is 6.04 Å². The smallest absolute Gasteiger partial charge is 0.243 e. The molecule has 2 amide bonds. The van der Waals surface area contributed by atoms with Crippen molar-refractivity contribution in [2.75, 3.05) is 0 Å². The first-order valence-corrected chi connectivity index (χ1v) is 12.3. The van der Waals surface area contributed by atoms with Gasteiger partial charge in [-0.3, -0.25) is 9.59 Å². The molecule has 0 aliphatic heterocycles. The maximum absolute atomic E-state index is 13.4. The maximum atomic E-state index is 13.4. The van der Waals surface area contributed by atoms with Crippen LogP contribution in [0.2, 0.25) is 0 Å². The highest BCUT2D eigenvalue weighted by atomic mass is 16.2. The van der Waals surface area contributed by atoms with Crippen molar-refractivity contribution in [1.82, 2.24) is 10.2 Å². The third kappa shape index (κ3) is 8.03. The number of carbonyl (C=O) groups is 2. The topological polar surface area (TPSA) is 49.4 Å². The zero-order chi connectivity index (χ0) is 24.6. The summed E-state index contributed by atoms with van der Waals surface area (Å²) in [5, 5.41) is 3.07. The van der Waals surface area contributed by atoms with Crippen molar-refractivity contribution < 1.29 is 9.59 Å². The van der Waals surface area contributed by atoms with Crippen LogP contribution in [0.3, 0.4) is 0 Å².